The number of carbonyl (C=O) groups excluding carboxylic acids is 1. The molecule has 0 fully saturated rings. The molecular weight excluding hydrogens is 268 g/mol. The molecule has 8 heteroatoms. The van der Waals surface area contributed by atoms with Crippen molar-refractivity contribution in [1.29, 1.82) is 0 Å². The van der Waals surface area contributed by atoms with Gasteiger partial charge in [0.2, 0.25) is 5.88 Å². The van der Waals surface area contributed by atoms with E-state index in [1.165, 1.54) is 19.9 Å². The van der Waals surface area contributed by atoms with Crippen molar-refractivity contribution in [1.82, 2.24) is 4.98 Å². The maximum atomic E-state index is 12.7. The summed E-state index contributed by atoms with van der Waals surface area (Å²) in [7, 11) is 0. The predicted octanol–water partition coefficient (Wildman–Crippen LogP) is 2.08. The van der Waals surface area contributed by atoms with E-state index in [1.54, 1.807) is 0 Å². The molecule has 0 atom stereocenters. The molecule has 106 valence electrons. The minimum absolute atomic E-state index is 0.146. The summed E-state index contributed by atoms with van der Waals surface area (Å²) in [6, 6.07) is 1.19. The van der Waals surface area contributed by atoms with Crippen LogP contribution in [0.3, 0.4) is 0 Å². The zero-order valence-corrected chi connectivity index (χ0v) is 10.2. The lowest BCUT2D eigenvalue weighted by atomic mass is 10.1. The molecule has 0 aliphatic carbocycles. The first kappa shape index (κ1) is 15.2. The number of halogens is 4. The molecule has 0 radical (unpaired) electrons. The molecule has 1 aromatic heterocycles. The fourth-order valence-electron chi connectivity index (χ4n) is 1.48. The standard InChI is InChI=1S/C11H12F4N2O2/c1-5-3-7(17-6(2)8(5)9(16)18)19-4-11(14,15)10(12)13/h3,10H,4H2,1-2H3,(H2,16,18). The average molecular weight is 280 g/mol. The Kier molecular flexibility index (Phi) is 4.33. The molecule has 0 saturated heterocycles. The zero-order valence-electron chi connectivity index (χ0n) is 10.2. The van der Waals surface area contributed by atoms with Crippen molar-refractivity contribution in [3.63, 3.8) is 0 Å². The van der Waals surface area contributed by atoms with E-state index in [4.69, 9.17) is 5.73 Å². The Hall–Kier alpha value is -1.86. The molecule has 0 spiro atoms. The Labute approximate surface area is 106 Å². The summed E-state index contributed by atoms with van der Waals surface area (Å²) < 4.78 is 53.7. The lowest BCUT2D eigenvalue weighted by molar-refractivity contribution is -0.148. The van der Waals surface area contributed by atoms with E-state index in [9.17, 15) is 22.4 Å². The first-order valence-electron chi connectivity index (χ1n) is 5.22. The van der Waals surface area contributed by atoms with Gasteiger partial charge in [-0.15, -0.1) is 0 Å². The van der Waals surface area contributed by atoms with Gasteiger partial charge in [0.1, 0.15) is 0 Å². The first-order valence-corrected chi connectivity index (χ1v) is 5.22. The monoisotopic (exact) mass is 280 g/mol. The lowest BCUT2D eigenvalue weighted by Gasteiger charge is -2.16. The van der Waals surface area contributed by atoms with E-state index in [-0.39, 0.29) is 17.1 Å². The fraction of sp³-hybridized carbons (Fsp3) is 0.455. The molecule has 1 amide bonds. The SMILES string of the molecule is Cc1cc(OCC(F)(F)C(F)F)nc(C)c1C(N)=O. The highest BCUT2D eigenvalue weighted by molar-refractivity contribution is 5.95. The molecular formula is C11H12F4N2O2. The maximum Gasteiger partial charge on any atom is 0.340 e. The van der Waals surface area contributed by atoms with Crippen LogP contribution in [0.4, 0.5) is 17.6 Å². The molecule has 2 N–H and O–H groups in total. The molecule has 0 saturated carbocycles. The molecule has 4 nitrogen and oxygen atoms in total. The number of aromatic nitrogens is 1. The number of carbonyl (C=O) groups is 1. The third-order valence-corrected chi connectivity index (χ3v) is 2.35. The van der Waals surface area contributed by atoms with E-state index in [0.29, 0.717) is 5.56 Å². The van der Waals surface area contributed by atoms with Crippen LogP contribution in [0.5, 0.6) is 5.88 Å². The van der Waals surface area contributed by atoms with Crippen LogP contribution in [0.2, 0.25) is 0 Å². The topological polar surface area (TPSA) is 65.2 Å². The molecule has 1 heterocycles. The van der Waals surface area contributed by atoms with E-state index in [1.807, 2.05) is 0 Å². The fourth-order valence-corrected chi connectivity index (χ4v) is 1.48. The summed E-state index contributed by atoms with van der Waals surface area (Å²) in [6.45, 7) is 1.45. The minimum Gasteiger partial charge on any atom is -0.471 e. The highest BCUT2D eigenvalue weighted by atomic mass is 19.3. The van der Waals surface area contributed by atoms with Gasteiger partial charge in [0.05, 0.1) is 11.3 Å². The van der Waals surface area contributed by atoms with E-state index < -0.39 is 24.9 Å². The average Bonchev–Trinajstić information content (AvgIpc) is 2.24. The number of nitrogens with zero attached hydrogens (tertiary/aromatic N) is 1. The van der Waals surface area contributed by atoms with Crippen molar-refractivity contribution in [2.45, 2.75) is 26.2 Å². The second kappa shape index (κ2) is 5.41. The molecule has 0 aliphatic rings. The second-order valence-corrected chi connectivity index (χ2v) is 3.95. The maximum absolute atomic E-state index is 12.7. The lowest BCUT2D eigenvalue weighted by Crippen LogP contribution is -2.34. The van der Waals surface area contributed by atoms with Crippen LogP contribution >= 0.6 is 0 Å². The van der Waals surface area contributed by atoms with Crippen molar-refractivity contribution in [3.8, 4) is 5.88 Å². The highest BCUT2D eigenvalue weighted by Gasteiger charge is 2.41. The number of pyridine rings is 1. The van der Waals surface area contributed by atoms with Gasteiger partial charge in [0, 0.05) is 6.07 Å². The molecule has 0 unspecified atom stereocenters. The molecule has 0 aliphatic heterocycles. The van der Waals surface area contributed by atoms with Gasteiger partial charge in [-0.25, -0.2) is 13.8 Å². The summed E-state index contributed by atoms with van der Waals surface area (Å²) in [6.07, 6.45) is -3.82. The van der Waals surface area contributed by atoms with E-state index >= 15 is 0 Å². The van der Waals surface area contributed by atoms with Gasteiger partial charge in [0.25, 0.3) is 5.91 Å². The normalized spacial score (nSPS) is 11.7. The summed E-state index contributed by atoms with van der Waals surface area (Å²) >= 11 is 0. The van der Waals surface area contributed by atoms with Crippen LogP contribution in [-0.2, 0) is 0 Å². The van der Waals surface area contributed by atoms with Gasteiger partial charge < -0.3 is 10.5 Å². The Morgan fingerprint density at radius 3 is 2.47 bits per heavy atom. The number of primary amides is 1. The van der Waals surface area contributed by atoms with Crippen molar-refractivity contribution in [3.05, 3.63) is 22.9 Å². The van der Waals surface area contributed by atoms with Crippen LogP contribution in [-0.4, -0.2) is 29.8 Å². The zero-order chi connectivity index (χ0) is 14.8. The van der Waals surface area contributed by atoms with Gasteiger partial charge in [-0.3, -0.25) is 4.79 Å². The number of rotatable bonds is 5. The summed E-state index contributed by atoms with van der Waals surface area (Å²) in [5.74, 6) is -5.24. The van der Waals surface area contributed by atoms with Gasteiger partial charge >= 0.3 is 12.3 Å². The number of hydrogen-bond acceptors (Lipinski definition) is 3. The van der Waals surface area contributed by atoms with Crippen LogP contribution < -0.4 is 10.5 Å². The van der Waals surface area contributed by atoms with Crippen LogP contribution in [0.25, 0.3) is 0 Å². The number of hydrogen-bond donors (Lipinski definition) is 1. The molecule has 19 heavy (non-hydrogen) atoms. The largest absolute Gasteiger partial charge is 0.471 e. The van der Waals surface area contributed by atoms with Crippen LogP contribution in [0.15, 0.2) is 6.07 Å². The Bertz CT molecular complexity index is 469. The summed E-state index contributed by atoms with van der Waals surface area (Å²) in [5.41, 5.74) is 5.81. The number of amides is 1. The molecule has 1 aromatic rings. The molecule has 0 aromatic carbocycles. The van der Waals surface area contributed by atoms with Crippen molar-refractivity contribution >= 4 is 5.91 Å². The molecule has 0 bridgehead atoms. The third-order valence-electron chi connectivity index (χ3n) is 2.35. The first-order chi connectivity index (χ1) is 8.65. The van der Waals surface area contributed by atoms with Gasteiger partial charge in [0.15, 0.2) is 6.61 Å². The van der Waals surface area contributed by atoms with E-state index in [0.717, 1.165) is 0 Å². The van der Waals surface area contributed by atoms with Crippen molar-refractivity contribution < 1.29 is 27.1 Å². The Morgan fingerprint density at radius 2 is 2.05 bits per heavy atom. The minimum atomic E-state index is -4.26. The third kappa shape index (κ3) is 3.55. The van der Waals surface area contributed by atoms with Gasteiger partial charge in [-0.1, -0.05) is 0 Å². The van der Waals surface area contributed by atoms with Gasteiger partial charge in [-0.2, -0.15) is 8.78 Å². The Morgan fingerprint density at radius 1 is 1.47 bits per heavy atom. The second-order valence-electron chi connectivity index (χ2n) is 3.95. The summed E-state index contributed by atoms with van der Waals surface area (Å²) in [4.78, 5) is 14.8. The predicted molar refractivity (Wildman–Crippen MR) is 58.7 cm³/mol. The van der Waals surface area contributed by atoms with E-state index in [2.05, 4.69) is 9.72 Å². The van der Waals surface area contributed by atoms with Crippen molar-refractivity contribution in [2.75, 3.05) is 6.61 Å². The number of aryl methyl sites for hydroxylation is 2. The number of nitrogens with two attached hydrogens (primary N) is 1. The van der Waals surface area contributed by atoms with Crippen LogP contribution in [0, 0.1) is 13.8 Å². The quantitative estimate of drug-likeness (QED) is 0.840. The smallest absolute Gasteiger partial charge is 0.340 e. The number of ether oxygens (including phenoxy) is 1. The number of alkyl halides is 4. The Balaban J connectivity index is 2.91. The van der Waals surface area contributed by atoms with Crippen LogP contribution in [0.1, 0.15) is 21.6 Å². The molecule has 1 rings (SSSR count). The van der Waals surface area contributed by atoms with Gasteiger partial charge in [-0.05, 0) is 19.4 Å². The van der Waals surface area contributed by atoms with Crippen molar-refractivity contribution in [2.24, 2.45) is 5.73 Å². The highest BCUT2D eigenvalue weighted by Crippen LogP contribution is 2.25. The summed E-state index contributed by atoms with van der Waals surface area (Å²) in [5, 5.41) is 0.